The van der Waals surface area contributed by atoms with Crippen molar-refractivity contribution in [3.05, 3.63) is 156 Å². The second-order valence-corrected chi connectivity index (χ2v) is 11.6. The Bertz CT molecular complexity index is 1380. The Balaban J connectivity index is 1.67. The Hall–Kier alpha value is -3.89. The van der Waals surface area contributed by atoms with E-state index in [2.05, 4.69) is 152 Å². The fraction of sp³-hybridized carbons (Fsp3) is 0.121. The van der Waals surface area contributed by atoms with Crippen molar-refractivity contribution in [2.45, 2.75) is 24.6 Å². The summed E-state index contributed by atoms with van der Waals surface area (Å²) in [6.07, 6.45) is 7.58. The number of hydrogen-bond donors (Lipinski definition) is 0. The fourth-order valence-corrected chi connectivity index (χ4v) is 7.59. The highest BCUT2D eigenvalue weighted by atomic mass is 28.2. The molecule has 0 bridgehead atoms. The van der Waals surface area contributed by atoms with E-state index in [1.807, 2.05) is 6.20 Å². The van der Waals surface area contributed by atoms with Crippen LogP contribution in [0.1, 0.15) is 35.6 Å². The van der Waals surface area contributed by atoms with Gasteiger partial charge in [0.15, 0.2) is 0 Å². The first kappa shape index (κ1) is 24.8. The summed E-state index contributed by atoms with van der Waals surface area (Å²) in [6.45, 7) is 2.30. The van der Waals surface area contributed by atoms with Gasteiger partial charge < -0.3 is 4.57 Å². The Kier molecular flexibility index (Phi) is 7.97. The van der Waals surface area contributed by atoms with E-state index < -0.39 is 9.52 Å². The summed E-state index contributed by atoms with van der Waals surface area (Å²) < 4.78 is 2.45. The molecule has 4 aromatic carbocycles. The minimum Gasteiger partial charge on any atom is -0.332 e. The van der Waals surface area contributed by atoms with E-state index in [4.69, 9.17) is 4.98 Å². The Morgan fingerprint density at radius 1 is 0.784 bits per heavy atom. The van der Waals surface area contributed by atoms with Crippen LogP contribution in [0.15, 0.2) is 134 Å². The Morgan fingerprint density at radius 2 is 1.32 bits per heavy atom. The Morgan fingerprint density at radius 3 is 1.89 bits per heavy atom. The highest BCUT2D eigenvalue weighted by molar-refractivity contribution is 6.73. The molecule has 0 saturated heterocycles. The van der Waals surface area contributed by atoms with Gasteiger partial charge >= 0.3 is 0 Å². The van der Waals surface area contributed by atoms with Crippen molar-refractivity contribution >= 4 is 34.1 Å². The SMILES string of the molecule is CCC[SiH2]C(c1ccccc1)(c1ccccc1)n1ccnc1[B]C(=Cc1ccccc1)c1ccccc1. The van der Waals surface area contributed by atoms with Crippen molar-refractivity contribution in [2.24, 2.45) is 0 Å². The first-order valence-corrected chi connectivity index (χ1v) is 14.8. The van der Waals surface area contributed by atoms with Crippen LogP contribution in [-0.2, 0) is 5.16 Å². The zero-order valence-corrected chi connectivity index (χ0v) is 22.8. The standard InChI is InChI=1S/C33H32BN2Si/c1-2-25-37-33(29-19-11-5-12-20-29,30-21-13-6-14-22-30)36-24-23-35-32(36)34-31(28-17-9-4-10-18-28)26-27-15-7-3-8-16-27/h3-24,26H,2,25,37H2,1H3. The highest BCUT2D eigenvalue weighted by Crippen LogP contribution is 2.34. The van der Waals surface area contributed by atoms with E-state index in [1.54, 1.807) is 0 Å². The minimum atomic E-state index is -0.639. The van der Waals surface area contributed by atoms with Crippen molar-refractivity contribution in [3.8, 4) is 0 Å². The lowest BCUT2D eigenvalue weighted by atomic mass is 9.65. The third-order valence-corrected chi connectivity index (χ3v) is 9.93. The molecule has 0 atom stereocenters. The van der Waals surface area contributed by atoms with Crippen LogP contribution in [0.4, 0.5) is 0 Å². The molecular formula is C33H32BN2Si. The molecule has 0 aliphatic heterocycles. The van der Waals surface area contributed by atoms with Gasteiger partial charge in [-0.25, -0.2) is 0 Å². The highest BCUT2D eigenvalue weighted by Gasteiger charge is 2.37. The van der Waals surface area contributed by atoms with Crippen LogP contribution in [0, 0.1) is 0 Å². The largest absolute Gasteiger partial charge is 0.332 e. The lowest BCUT2D eigenvalue weighted by Gasteiger charge is -2.38. The molecule has 1 radical (unpaired) electrons. The van der Waals surface area contributed by atoms with Crippen LogP contribution in [0.25, 0.3) is 11.5 Å². The zero-order valence-electron chi connectivity index (χ0n) is 21.4. The van der Waals surface area contributed by atoms with Gasteiger partial charge in [-0.2, -0.15) is 0 Å². The molecule has 4 heteroatoms. The van der Waals surface area contributed by atoms with Gasteiger partial charge in [-0.1, -0.05) is 152 Å². The Labute approximate surface area is 223 Å². The topological polar surface area (TPSA) is 17.8 Å². The van der Waals surface area contributed by atoms with E-state index in [1.165, 1.54) is 34.7 Å². The van der Waals surface area contributed by atoms with Crippen LogP contribution >= 0.6 is 0 Å². The van der Waals surface area contributed by atoms with Gasteiger partial charge in [0.2, 0.25) is 7.28 Å². The zero-order chi connectivity index (χ0) is 25.3. The van der Waals surface area contributed by atoms with Crippen molar-refractivity contribution in [2.75, 3.05) is 0 Å². The van der Waals surface area contributed by atoms with E-state index in [0.717, 1.165) is 11.2 Å². The average molecular weight is 496 g/mol. The molecule has 0 aliphatic rings. The first-order chi connectivity index (χ1) is 18.3. The quantitative estimate of drug-likeness (QED) is 0.168. The van der Waals surface area contributed by atoms with Crippen molar-refractivity contribution in [1.82, 2.24) is 9.55 Å². The van der Waals surface area contributed by atoms with Crippen LogP contribution in [0.5, 0.6) is 0 Å². The number of rotatable bonds is 10. The normalized spacial score (nSPS) is 12.2. The molecule has 5 aromatic rings. The molecule has 0 amide bonds. The van der Waals surface area contributed by atoms with Gasteiger partial charge in [0.05, 0.1) is 20.4 Å². The van der Waals surface area contributed by atoms with Crippen LogP contribution in [0.3, 0.4) is 0 Å². The first-order valence-electron chi connectivity index (χ1n) is 13.1. The molecule has 0 spiro atoms. The smallest absolute Gasteiger partial charge is 0.241 e. The fourth-order valence-electron chi connectivity index (χ4n) is 5.17. The van der Waals surface area contributed by atoms with Gasteiger partial charge in [-0.05, 0) is 22.3 Å². The molecule has 1 aromatic heterocycles. The summed E-state index contributed by atoms with van der Waals surface area (Å²) in [7, 11) is 1.61. The van der Waals surface area contributed by atoms with Gasteiger partial charge in [-0.15, -0.1) is 0 Å². The molecule has 37 heavy (non-hydrogen) atoms. The summed E-state index contributed by atoms with van der Waals surface area (Å²) >= 11 is 0. The number of hydrogen-bond acceptors (Lipinski definition) is 1. The molecule has 1 heterocycles. The molecular weight excluding hydrogens is 463 g/mol. The maximum absolute atomic E-state index is 4.94. The lowest BCUT2D eigenvalue weighted by molar-refractivity contribution is 0.605. The van der Waals surface area contributed by atoms with Crippen LogP contribution < -0.4 is 5.72 Å². The maximum atomic E-state index is 4.94. The third-order valence-electron chi connectivity index (χ3n) is 6.99. The van der Waals surface area contributed by atoms with E-state index in [0.29, 0.717) is 0 Å². The maximum Gasteiger partial charge on any atom is 0.241 e. The molecule has 2 nitrogen and oxygen atoms in total. The molecule has 0 fully saturated rings. The van der Waals surface area contributed by atoms with Gasteiger partial charge in [-0.3, -0.25) is 4.98 Å². The molecule has 0 aliphatic carbocycles. The second kappa shape index (κ2) is 11.9. The lowest BCUT2D eigenvalue weighted by Crippen LogP contribution is -2.48. The molecule has 0 unspecified atom stereocenters. The summed E-state index contributed by atoms with van der Waals surface area (Å²) in [5.74, 6) is 0. The predicted octanol–water partition coefficient (Wildman–Crippen LogP) is 6.16. The predicted molar refractivity (Wildman–Crippen MR) is 161 cm³/mol. The summed E-state index contributed by atoms with van der Waals surface area (Å²) in [4.78, 5) is 4.94. The molecule has 0 N–H and O–H groups in total. The van der Waals surface area contributed by atoms with Crippen molar-refractivity contribution in [1.29, 1.82) is 0 Å². The number of nitrogens with zero attached hydrogens (tertiary/aromatic N) is 2. The number of aromatic nitrogens is 2. The monoisotopic (exact) mass is 495 g/mol. The average Bonchev–Trinajstić information content (AvgIpc) is 3.44. The van der Waals surface area contributed by atoms with E-state index in [9.17, 15) is 0 Å². The second-order valence-electron chi connectivity index (χ2n) is 9.37. The minimum absolute atomic E-state index is 0.227. The van der Waals surface area contributed by atoms with Crippen molar-refractivity contribution < 1.29 is 0 Å². The summed E-state index contributed by atoms with van der Waals surface area (Å²) in [5, 5.41) is -0.227. The van der Waals surface area contributed by atoms with Gasteiger partial charge in [0, 0.05) is 12.4 Å². The molecule has 181 valence electrons. The van der Waals surface area contributed by atoms with E-state index >= 15 is 0 Å². The van der Waals surface area contributed by atoms with Crippen LogP contribution in [0.2, 0.25) is 6.04 Å². The number of imidazole rings is 1. The van der Waals surface area contributed by atoms with Crippen LogP contribution in [-0.4, -0.2) is 26.4 Å². The third kappa shape index (κ3) is 5.45. The molecule has 5 rings (SSSR count). The van der Waals surface area contributed by atoms with E-state index in [-0.39, 0.29) is 5.16 Å². The van der Waals surface area contributed by atoms with Gasteiger partial charge in [0.1, 0.15) is 0 Å². The summed E-state index contributed by atoms with van der Waals surface area (Å²) in [6, 6.07) is 44.4. The number of benzene rings is 4. The molecule has 0 saturated carbocycles. The summed E-state index contributed by atoms with van der Waals surface area (Å²) in [5.41, 5.74) is 7.14. The van der Waals surface area contributed by atoms with Gasteiger partial charge in [0.25, 0.3) is 0 Å². The van der Waals surface area contributed by atoms with Crippen molar-refractivity contribution in [3.63, 3.8) is 0 Å².